The van der Waals surface area contributed by atoms with Crippen LogP contribution in [-0.2, 0) is 4.79 Å². The van der Waals surface area contributed by atoms with Crippen molar-refractivity contribution in [3.05, 3.63) is 22.3 Å². The Balaban J connectivity index is 0.00000180. The van der Waals surface area contributed by atoms with Crippen molar-refractivity contribution in [2.24, 2.45) is 5.73 Å². The molecule has 1 saturated carbocycles. The average molecular weight is 362 g/mol. The number of carbonyl (C=O) groups excluding carboxylic acids is 1. The Morgan fingerprint density at radius 3 is 2.55 bits per heavy atom. The normalized spacial score (nSPS) is 14.6. The smallest absolute Gasteiger partial charge is 0.240 e. The molecule has 20 heavy (non-hydrogen) atoms. The van der Waals surface area contributed by atoms with Crippen molar-refractivity contribution in [2.45, 2.75) is 18.4 Å². The van der Waals surface area contributed by atoms with Gasteiger partial charge in [-0.1, -0.05) is 23.2 Å². The molecule has 0 atom stereocenters. The van der Waals surface area contributed by atoms with E-state index in [0.29, 0.717) is 29.0 Å². The summed E-state index contributed by atoms with van der Waals surface area (Å²) in [5.41, 5.74) is 5.11. The van der Waals surface area contributed by atoms with Crippen molar-refractivity contribution in [1.29, 1.82) is 0 Å². The maximum atomic E-state index is 11.5. The summed E-state index contributed by atoms with van der Waals surface area (Å²) < 4.78 is 0. The third-order valence-electron chi connectivity index (χ3n) is 2.75. The van der Waals surface area contributed by atoms with Crippen molar-refractivity contribution < 1.29 is 4.79 Å². The molecule has 0 bridgehead atoms. The lowest BCUT2D eigenvalue weighted by Crippen LogP contribution is -2.44. The Bertz CT molecular complexity index is 468. The van der Waals surface area contributed by atoms with Gasteiger partial charge >= 0.3 is 0 Å². The molecule has 1 aromatic heterocycles. The fraction of sp³-hybridized carbons (Fsp3) is 0.455. The number of rotatable bonds is 5. The van der Waals surface area contributed by atoms with Crippen molar-refractivity contribution in [2.75, 3.05) is 18.4 Å². The molecule has 1 aliphatic carbocycles. The molecule has 5 nitrogen and oxygen atoms in total. The van der Waals surface area contributed by atoms with Gasteiger partial charge in [0.05, 0.1) is 15.6 Å². The molecule has 1 aromatic rings. The summed E-state index contributed by atoms with van der Waals surface area (Å²) in [5, 5.41) is 6.71. The Hall–Kier alpha value is -0.460. The van der Waals surface area contributed by atoms with Gasteiger partial charge in [0.2, 0.25) is 5.91 Å². The summed E-state index contributed by atoms with van der Waals surface area (Å²) in [6, 6.07) is 1.61. The lowest BCUT2D eigenvalue weighted by molar-refractivity contribution is -0.123. The molecule has 0 spiro atoms. The quantitative estimate of drug-likeness (QED) is 0.702. The van der Waals surface area contributed by atoms with Gasteiger partial charge < -0.3 is 16.4 Å². The van der Waals surface area contributed by atoms with Crippen LogP contribution < -0.4 is 16.4 Å². The van der Waals surface area contributed by atoms with Crippen molar-refractivity contribution in [3.63, 3.8) is 0 Å². The number of hydrogen-bond donors (Lipinski definition) is 3. The van der Waals surface area contributed by atoms with E-state index in [1.807, 2.05) is 0 Å². The number of nitrogens with one attached hydrogen (secondary N) is 2. The van der Waals surface area contributed by atoms with Gasteiger partial charge in [-0.15, -0.1) is 24.8 Å². The maximum Gasteiger partial charge on any atom is 0.240 e. The van der Waals surface area contributed by atoms with Gasteiger partial charge in [0, 0.05) is 19.3 Å². The molecule has 0 radical (unpaired) electrons. The van der Waals surface area contributed by atoms with E-state index in [0.717, 1.165) is 12.8 Å². The van der Waals surface area contributed by atoms with Gasteiger partial charge in [0.15, 0.2) is 0 Å². The van der Waals surface area contributed by atoms with Crippen LogP contribution in [0.3, 0.4) is 0 Å². The summed E-state index contributed by atoms with van der Waals surface area (Å²) in [5.74, 6) is 0.448. The highest BCUT2D eigenvalue weighted by Gasteiger charge is 2.45. The summed E-state index contributed by atoms with van der Waals surface area (Å²) in [6.45, 7) is 0.995. The number of anilines is 1. The fourth-order valence-electron chi connectivity index (χ4n) is 1.44. The average Bonchev–Trinajstić information content (AvgIpc) is 3.06. The van der Waals surface area contributed by atoms with Gasteiger partial charge in [0.1, 0.15) is 5.82 Å². The van der Waals surface area contributed by atoms with Gasteiger partial charge in [-0.05, 0) is 18.9 Å². The molecular weight excluding hydrogens is 346 g/mol. The van der Waals surface area contributed by atoms with E-state index in [-0.39, 0.29) is 30.7 Å². The number of pyridine rings is 1. The molecule has 1 fully saturated rings. The van der Waals surface area contributed by atoms with E-state index in [1.165, 1.54) is 6.20 Å². The zero-order valence-electron chi connectivity index (χ0n) is 10.5. The first-order valence-corrected chi connectivity index (χ1v) is 6.39. The summed E-state index contributed by atoms with van der Waals surface area (Å²) in [4.78, 5) is 15.6. The number of aromatic nitrogens is 1. The molecule has 4 N–H and O–H groups in total. The van der Waals surface area contributed by atoms with E-state index < -0.39 is 5.54 Å². The molecule has 0 unspecified atom stereocenters. The standard InChI is InChI=1S/C11H14Cl2N4O.2ClH/c12-7-5-8(13)9(17-6-7)15-3-4-16-10(18)11(14)1-2-11;;/h5-6H,1-4,14H2,(H,15,17)(H,16,18);2*1H. The van der Waals surface area contributed by atoms with E-state index in [2.05, 4.69) is 15.6 Å². The van der Waals surface area contributed by atoms with Crippen molar-refractivity contribution in [3.8, 4) is 0 Å². The van der Waals surface area contributed by atoms with Crippen LogP contribution in [0.4, 0.5) is 5.82 Å². The van der Waals surface area contributed by atoms with E-state index in [1.54, 1.807) is 6.07 Å². The number of amides is 1. The van der Waals surface area contributed by atoms with Crippen LogP contribution in [0.25, 0.3) is 0 Å². The summed E-state index contributed by atoms with van der Waals surface area (Å²) in [6.07, 6.45) is 3.03. The second-order valence-electron chi connectivity index (χ2n) is 4.32. The van der Waals surface area contributed by atoms with Crippen LogP contribution in [0, 0.1) is 0 Å². The molecule has 0 saturated heterocycles. The number of carbonyl (C=O) groups is 1. The molecule has 0 aliphatic heterocycles. The number of hydrogen-bond acceptors (Lipinski definition) is 4. The zero-order chi connectivity index (χ0) is 13.2. The molecule has 0 aromatic carbocycles. The SMILES string of the molecule is Cl.Cl.NC1(C(=O)NCCNc2ncc(Cl)cc2Cl)CC1. The lowest BCUT2D eigenvalue weighted by Gasteiger charge is -2.11. The van der Waals surface area contributed by atoms with Crippen LogP contribution >= 0.6 is 48.0 Å². The van der Waals surface area contributed by atoms with E-state index in [4.69, 9.17) is 28.9 Å². The second-order valence-corrected chi connectivity index (χ2v) is 5.17. The van der Waals surface area contributed by atoms with Gasteiger partial charge in [-0.3, -0.25) is 4.79 Å². The highest BCUT2D eigenvalue weighted by Crippen LogP contribution is 2.31. The Labute approximate surface area is 139 Å². The van der Waals surface area contributed by atoms with E-state index >= 15 is 0 Å². The van der Waals surface area contributed by atoms with E-state index in [9.17, 15) is 4.79 Å². The molecule has 1 aliphatic rings. The predicted octanol–water partition coefficient (Wildman–Crippen LogP) is 2.25. The first-order chi connectivity index (χ1) is 8.51. The van der Waals surface area contributed by atoms with Gasteiger partial charge in [0.25, 0.3) is 0 Å². The Morgan fingerprint density at radius 1 is 1.35 bits per heavy atom. The molecule has 114 valence electrons. The molecular formula is C11H16Cl4N4O. The minimum Gasteiger partial charge on any atom is -0.367 e. The predicted molar refractivity (Wildman–Crippen MR) is 86.4 cm³/mol. The summed E-state index contributed by atoms with van der Waals surface area (Å²) in [7, 11) is 0. The summed E-state index contributed by atoms with van der Waals surface area (Å²) >= 11 is 11.7. The molecule has 1 heterocycles. The van der Waals surface area contributed by atoms with Crippen LogP contribution in [0.5, 0.6) is 0 Å². The second kappa shape index (κ2) is 8.10. The minimum absolute atomic E-state index is 0. The highest BCUT2D eigenvalue weighted by molar-refractivity contribution is 6.35. The molecule has 2 rings (SSSR count). The van der Waals surface area contributed by atoms with Gasteiger partial charge in [-0.25, -0.2) is 4.98 Å². The number of nitrogens with two attached hydrogens (primary N) is 1. The van der Waals surface area contributed by atoms with Crippen LogP contribution in [0.1, 0.15) is 12.8 Å². The third kappa shape index (κ3) is 5.14. The van der Waals surface area contributed by atoms with Gasteiger partial charge in [-0.2, -0.15) is 0 Å². The van der Waals surface area contributed by atoms with Crippen LogP contribution in [0.15, 0.2) is 12.3 Å². The monoisotopic (exact) mass is 360 g/mol. The van der Waals surface area contributed by atoms with Crippen molar-refractivity contribution >= 4 is 59.7 Å². The number of nitrogens with zero attached hydrogens (tertiary/aromatic N) is 1. The Morgan fingerprint density at radius 2 is 2.00 bits per heavy atom. The lowest BCUT2D eigenvalue weighted by atomic mass is 10.3. The Kier molecular flexibility index (Phi) is 7.91. The van der Waals surface area contributed by atoms with Crippen molar-refractivity contribution in [1.82, 2.24) is 10.3 Å². The first-order valence-electron chi connectivity index (χ1n) is 5.63. The fourth-order valence-corrected chi connectivity index (χ4v) is 1.89. The maximum absolute atomic E-state index is 11.5. The van der Waals surface area contributed by atoms with Crippen LogP contribution in [-0.4, -0.2) is 29.5 Å². The highest BCUT2D eigenvalue weighted by atomic mass is 35.5. The number of halogens is 4. The molecule has 1 amide bonds. The largest absolute Gasteiger partial charge is 0.367 e. The van der Waals surface area contributed by atoms with Crippen LogP contribution in [0.2, 0.25) is 10.0 Å². The minimum atomic E-state index is -0.629. The molecule has 9 heteroatoms. The first kappa shape index (κ1) is 19.5. The zero-order valence-corrected chi connectivity index (χ0v) is 13.6. The topological polar surface area (TPSA) is 80.0 Å². The third-order valence-corrected chi connectivity index (χ3v) is 3.25.